The van der Waals surface area contributed by atoms with E-state index in [0.29, 0.717) is 17.6 Å². The standard InChI is InChI=1S/C51H32N4O/c1-4-15-33(16-5-1)34-27-29-37(30-28-34)50-52-49(36-19-8-3-9-20-36)53-51(54-50)55-45-25-12-10-21-40(45)42-24-14-23-39(47(42)55)38-31-43(35-17-6-2-7-18-35)48-44(32-38)41-22-11-13-26-46(41)56-48/h1-32H. The molecule has 0 aliphatic rings. The average molecular weight is 717 g/mol. The number of benzene rings is 8. The fourth-order valence-corrected chi connectivity index (χ4v) is 8.03. The van der Waals surface area contributed by atoms with Crippen molar-refractivity contribution >= 4 is 43.7 Å². The molecule has 262 valence electrons. The number of nitrogens with zero attached hydrogens (tertiary/aromatic N) is 4. The van der Waals surface area contributed by atoms with Crippen LogP contribution in [0.5, 0.6) is 0 Å². The van der Waals surface area contributed by atoms with Crippen LogP contribution in [0.4, 0.5) is 0 Å². The molecule has 0 spiro atoms. The first-order chi connectivity index (χ1) is 27.8. The molecule has 11 aromatic rings. The normalized spacial score (nSPS) is 11.6. The second-order valence-electron chi connectivity index (χ2n) is 14.0. The first-order valence-corrected chi connectivity index (χ1v) is 18.8. The second-order valence-corrected chi connectivity index (χ2v) is 14.0. The van der Waals surface area contributed by atoms with E-state index in [1.807, 2.05) is 54.6 Å². The zero-order valence-electron chi connectivity index (χ0n) is 30.2. The Hall–Kier alpha value is -7.63. The lowest BCUT2D eigenvalue weighted by molar-refractivity contribution is 0.670. The molecule has 3 aromatic heterocycles. The van der Waals surface area contributed by atoms with Crippen LogP contribution in [0.15, 0.2) is 199 Å². The van der Waals surface area contributed by atoms with Crippen LogP contribution < -0.4 is 0 Å². The maximum atomic E-state index is 6.57. The molecule has 0 radical (unpaired) electrons. The minimum atomic E-state index is 0.553. The van der Waals surface area contributed by atoms with Gasteiger partial charge >= 0.3 is 0 Å². The Balaban J connectivity index is 1.19. The fraction of sp³-hybridized carbons (Fsp3) is 0. The molecule has 0 saturated heterocycles. The van der Waals surface area contributed by atoms with E-state index >= 15 is 0 Å². The van der Waals surface area contributed by atoms with Crippen molar-refractivity contribution in [3.05, 3.63) is 194 Å². The summed E-state index contributed by atoms with van der Waals surface area (Å²) < 4.78 is 8.79. The van der Waals surface area contributed by atoms with Crippen LogP contribution >= 0.6 is 0 Å². The molecular formula is C51H32N4O. The van der Waals surface area contributed by atoms with Gasteiger partial charge in [0.2, 0.25) is 5.95 Å². The van der Waals surface area contributed by atoms with Gasteiger partial charge in [0, 0.05) is 43.8 Å². The first-order valence-electron chi connectivity index (χ1n) is 18.8. The molecule has 0 saturated carbocycles. The molecule has 5 nitrogen and oxygen atoms in total. The Labute approximate surface area is 322 Å². The van der Waals surface area contributed by atoms with Crippen molar-refractivity contribution < 1.29 is 4.42 Å². The topological polar surface area (TPSA) is 56.7 Å². The van der Waals surface area contributed by atoms with Crippen molar-refractivity contribution in [3.63, 3.8) is 0 Å². The van der Waals surface area contributed by atoms with Gasteiger partial charge in [0.15, 0.2) is 11.6 Å². The van der Waals surface area contributed by atoms with Crippen LogP contribution in [0.2, 0.25) is 0 Å². The Morgan fingerprint density at radius 2 is 0.911 bits per heavy atom. The van der Waals surface area contributed by atoms with Crippen molar-refractivity contribution in [1.82, 2.24) is 19.5 Å². The van der Waals surface area contributed by atoms with Crippen molar-refractivity contribution in [2.45, 2.75) is 0 Å². The Bertz CT molecular complexity index is 3220. The highest BCUT2D eigenvalue weighted by Gasteiger charge is 2.22. The number of furan rings is 1. The Morgan fingerprint density at radius 1 is 0.357 bits per heavy atom. The highest BCUT2D eigenvalue weighted by Crippen LogP contribution is 2.43. The third kappa shape index (κ3) is 5.29. The molecule has 5 heteroatoms. The van der Waals surface area contributed by atoms with Gasteiger partial charge in [-0.05, 0) is 46.5 Å². The molecule has 8 aromatic carbocycles. The number of fused-ring (bicyclic) bond motifs is 6. The molecule has 56 heavy (non-hydrogen) atoms. The smallest absolute Gasteiger partial charge is 0.238 e. The highest BCUT2D eigenvalue weighted by atomic mass is 16.3. The summed E-state index contributed by atoms with van der Waals surface area (Å²) in [5.74, 6) is 1.77. The molecule has 0 atom stereocenters. The van der Waals surface area contributed by atoms with E-state index in [1.165, 1.54) is 0 Å². The lowest BCUT2D eigenvalue weighted by Crippen LogP contribution is -2.07. The summed E-state index contributed by atoms with van der Waals surface area (Å²) in [6.45, 7) is 0. The minimum absolute atomic E-state index is 0.553. The van der Waals surface area contributed by atoms with Crippen molar-refractivity contribution in [1.29, 1.82) is 0 Å². The molecule has 0 fully saturated rings. The van der Waals surface area contributed by atoms with E-state index in [4.69, 9.17) is 19.4 Å². The number of para-hydroxylation sites is 3. The third-order valence-corrected chi connectivity index (χ3v) is 10.7. The highest BCUT2D eigenvalue weighted by molar-refractivity contribution is 6.16. The molecule has 0 aliphatic heterocycles. The molecule has 0 N–H and O–H groups in total. The number of hydrogen-bond acceptors (Lipinski definition) is 4. The molecule has 0 amide bonds. The van der Waals surface area contributed by atoms with Gasteiger partial charge in [0.25, 0.3) is 0 Å². The summed E-state index contributed by atoms with van der Waals surface area (Å²) in [6.07, 6.45) is 0. The SMILES string of the molecule is c1ccc(-c2ccc(-c3nc(-c4ccccc4)nc(-n4c5ccccc5c5cccc(-c6cc(-c7ccccc7)c7oc8ccccc8c7c6)c54)n3)cc2)cc1. The summed E-state index contributed by atoms with van der Waals surface area (Å²) in [7, 11) is 0. The van der Waals surface area contributed by atoms with Gasteiger partial charge in [-0.2, -0.15) is 9.97 Å². The maximum absolute atomic E-state index is 6.57. The van der Waals surface area contributed by atoms with Crippen LogP contribution in [0.1, 0.15) is 0 Å². The summed E-state index contributed by atoms with van der Waals surface area (Å²) in [5.41, 5.74) is 12.2. The van der Waals surface area contributed by atoms with Gasteiger partial charge in [-0.25, -0.2) is 4.98 Å². The summed E-state index contributed by atoms with van der Waals surface area (Å²) >= 11 is 0. The molecule has 0 bridgehead atoms. The monoisotopic (exact) mass is 716 g/mol. The minimum Gasteiger partial charge on any atom is -0.455 e. The molecule has 0 unspecified atom stereocenters. The van der Waals surface area contributed by atoms with Gasteiger partial charge in [-0.3, -0.25) is 4.57 Å². The van der Waals surface area contributed by atoms with Crippen LogP contribution in [0, 0.1) is 0 Å². The zero-order valence-corrected chi connectivity index (χ0v) is 30.2. The molecule has 3 heterocycles. The predicted octanol–water partition coefficient (Wildman–Crippen LogP) is 13.2. The van der Waals surface area contributed by atoms with Gasteiger partial charge in [-0.15, -0.1) is 0 Å². The predicted molar refractivity (Wildman–Crippen MR) is 229 cm³/mol. The van der Waals surface area contributed by atoms with Crippen molar-refractivity contribution in [2.75, 3.05) is 0 Å². The largest absolute Gasteiger partial charge is 0.455 e. The summed E-state index contributed by atoms with van der Waals surface area (Å²) in [4.78, 5) is 15.6. The van der Waals surface area contributed by atoms with Gasteiger partial charge in [0.05, 0.1) is 11.0 Å². The van der Waals surface area contributed by atoms with Gasteiger partial charge < -0.3 is 4.42 Å². The van der Waals surface area contributed by atoms with Crippen molar-refractivity contribution in [2.24, 2.45) is 0 Å². The quantitative estimate of drug-likeness (QED) is 0.172. The lowest BCUT2D eigenvalue weighted by Gasteiger charge is -2.14. The lowest BCUT2D eigenvalue weighted by atomic mass is 9.94. The Kier molecular flexibility index (Phi) is 7.42. The first kappa shape index (κ1) is 31.9. The van der Waals surface area contributed by atoms with Crippen LogP contribution in [-0.2, 0) is 0 Å². The van der Waals surface area contributed by atoms with E-state index in [9.17, 15) is 0 Å². The maximum Gasteiger partial charge on any atom is 0.238 e. The van der Waals surface area contributed by atoms with Crippen LogP contribution in [0.25, 0.3) is 106 Å². The number of rotatable bonds is 6. The van der Waals surface area contributed by atoms with E-state index in [2.05, 4.69) is 144 Å². The van der Waals surface area contributed by atoms with Gasteiger partial charge in [0.1, 0.15) is 11.2 Å². The van der Waals surface area contributed by atoms with Gasteiger partial charge in [-0.1, -0.05) is 170 Å². The van der Waals surface area contributed by atoms with E-state index in [-0.39, 0.29) is 0 Å². The molecule has 11 rings (SSSR count). The molecular weight excluding hydrogens is 685 g/mol. The summed E-state index contributed by atoms with van der Waals surface area (Å²) in [6, 6.07) is 67.4. The number of hydrogen-bond donors (Lipinski definition) is 0. The van der Waals surface area contributed by atoms with E-state index in [0.717, 1.165) is 88.3 Å². The van der Waals surface area contributed by atoms with Crippen LogP contribution in [0.3, 0.4) is 0 Å². The second kappa shape index (κ2) is 13.0. The van der Waals surface area contributed by atoms with E-state index < -0.39 is 0 Å². The number of aromatic nitrogens is 4. The summed E-state index contributed by atoms with van der Waals surface area (Å²) in [5, 5.41) is 4.40. The average Bonchev–Trinajstić information content (AvgIpc) is 3.83. The fourth-order valence-electron chi connectivity index (χ4n) is 8.03. The Morgan fingerprint density at radius 3 is 1.64 bits per heavy atom. The van der Waals surface area contributed by atoms with Crippen molar-refractivity contribution in [3.8, 4) is 62.1 Å². The van der Waals surface area contributed by atoms with Crippen LogP contribution in [-0.4, -0.2) is 19.5 Å². The molecule has 0 aliphatic carbocycles. The third-order valence-electron chi connectivity index (χ3n) is 10.7. The zero-order chi connectivity index (χ0) is 37.0. The van der Waals surface area contributed by atoms with E-state index in [1.54, 1.807) is 0 Å².